The van der Waals surface area contributed by atoms with Gasteiger partial charge in [-0.1, -0.05) is 36.4 Å². The van der Waals surface area contributed by atoms with Crippen molar-refractivity contribution in [3.63, 3.8) is 0 Å². The molecule has 2 aromatic rings. The van der Waals surface area contributed by atoms with Crippen LogP contribution in [-0.2, 0) is 0 Å². The predicted molar refractivity (Wildman–Crippen MR) is 48.4 cm³/mol. The molecular weight excluding hydrogens is 134 g/mol. The molecule has 0 radical (unpaired) electrons. The average molecular weight is 145 g/mol. The van der Waals surface area contributed by atoms with Crippen molar-refractivity contribution in [3.8, 4) is 0 Å². The van der Waals surface area contributed by atoms with Crippen LogP contribution < -0.4 is 5.72 Å². The van der Waals surface area contributed by atoms with Crippen molar-refractivity contribution in [2.75, 3.05) is 5.72 Å². The normalized spacial score (nSPS) is 12.4. The lowest BCUT2D eigenvalue weighted by molar-refractivity contribution is 1.73. The number of nitrogen functional groups attached to an aromatic ring is 1. The van der Waals surface area contributed by atoms with Crippen LogP contribution in [0, 0.1) is 0 Å². The Hall–Kier alpha value is -1.50. The number of fused-ring (bicyclic) bond motifs is 1. The van der Waals surface area contributed by atoms with Crippen molar-refractivity contribution in [2.45, 2.75) is 0 Å². The molecule has 11 heavy (non-hydrogen) atoms. The molecule has 0 unspecified atom stereocenters. The third-order valence-corrected chi connectivity index (χ3v) is 1.77. The maximum Gasteiger partial charge on any atom is 0.156 e. The molecule has 0 bridgehead atoms. The quantitative estimate of drug-likeness (QED) is 0.613. The minimum atomic E-state index is 0.609. The Labute approximate surface area is 68.4 Å². The summed E-state index contributed by atoms with van der Waals surface area (Å²) in [4.78, 5) is 0. The van der Waals surface area contributed by atoms with Crippen LogP contribution in [0.15, 0.2) is 42.5 Å². The molecule has 0 aliphatic carbocycles. The SMILES string of the molecule is [2H]N([2H])c1cccc2ccccc12. The second kappa shape index (κ2) is 2.27. The number of rotatable bonds is 1. The predicted octanol–water partition coefficient (Wildman–Crippen LogP) is 2.42. The van der Waals surface area contributed by atoms with Gasteiger partial charge in [0.1, 0.15) is 0 Å². The van der Waals surface area contributed by atoms with E-state index in [1.807, 2.05) is 36.4 Å². The highest BCUT2D eigenvalue weighted by atomic mass is 14.5. The Bertz CT molecular complexity index is 421. The van der Waals surface area contributed by atoms with Gasteiger partial charge in [0, 0.05) is 11.1 Å². The summed E-state index contributed by atoms with van der Waals surface area (Å²) in [6, 6.07) is 13.3. The van der Waals surface area contributed by atoms with Crippen molar-refractivity contribution in [2.24, 2.45) is 0 Å². The number of anilines is 1. The smallest absolute Gasteiger partial charge is 0.156 e. The van der Waals surface area contributed by atoms with Gasteiger partial charge in [0.05, 0.1) is 0 Å². The number of nitrogens with two attached hydrogens (primary N) is 1. The molecule has 0 amide bonds. The van der Waals surface area contributed by atoms with Gasteiger partial charge in [0.2, 0.25) is 0 Å². The Morgan fingerprint density at radius 1 is 1.00 bits per heavy atom. The minimum absolute atomic E-state index is 0.609. The summed E-state index contributed by atoms with van der Waals surface area (Å²) in [6.45, 7) is 0. The molecule has 0 aliphatic heterocycles. The molecular formula is C10H9N. The molecule has 0 saturated heterocycles. The van der Waals surface area contributed by atoms with Gasteiger partial charge in [0.15, 0.2) is 2.82 Å². The third kappa shape index (κ3) is 0.944. The fraction of sp³-hybridized carbons (Fsp3) is 0. The summed E-state index contributed by atoms with van der Waals surface area (Å²) >= 11 is 0. The van der Waals surface area contributed by atoms with E-state index in [9.17, 15) is 0 Å². The number of hydrogen-bond acceptors (Lipinski definition) is 1. The Kier molecular flexibility index (Phi) is 0.908. The maximum atomic E-state index is 7.20. The van der Waals surface area contributed by atoms with Crippen molar-refractivity contribution < 1.29 is 2.82 Å². The van der Waals surface area contributed by atoms with E-state index in [2.05, 4.69) is 0 Å². The van der Waals surface area contributed by atoms with Crippen LogP contribution in [0.25, 0.3) is 10.8 Å². The average Bonchev–Trinajstić information content (AvgIpc) is 2.17. The fourth-order valence-electron chi connectivity index (χ4n) is 1.21. The van der Waals surface area contributed by atoms with Gasteiger partial charge < -0.3 is 5.72 Å². The van der Waals surface area contributed by atoms with E-state index in [-0.39, 0.29) is 0 Å². The molecule has 0 heterocycles. The van der Waals surface area contributed by atoms with E-state index >= 15 is 0 Å². The van der Waals surface area contributed by atoms with Gasteiger partial charge >= 0.3 is 0 Å². The van der Waals surface area contributed by atoms with Crippen molar-refractivity contribution in [1.82, 2.24) is 0 Å². The van der Waals surface area contributed by atoms with Gasteiger partial charge in [0.25, 0.3) is 0 Å². The van der Waals surface area contributed by atoms with Gasteiger partial charge in [-0.15, -0.1) is 0 Å². The van der Waals surface area contributed by atoms with Crippen molar-refractivity contribution in [3.05, 3.63) is 42.5 Å². The largest absolute Gasteiger partial charge is 0.398 e. The fourth-order valence-corrected chi connectivity index (χ4v) is 1.21. The molecule has 2 aromatic carbocycles. The summed E-state index contributed by atoms with van der Waals surface area (Å²) in [7, 11) is 0. The van der Waals surface area contributed by atoms with E-state index < -0.39 is 0 Å². The summed E-state index contributed by atoms with van der Waals surface area (Å²) in [5.41, 5.74) is 1.25. The highest BCUT2D eigenvalue weighted by Crippen LogP contribution is 2.19. The zero-order valence-electron chi connectivity index (χ0n) is 7.99. The van der Waals surface area contributed by atoms with Crippen molar-refractivity contribution >= 4 is 16.5 Å². The van der Waals surface area contributed by atoms with E-state index in [1.54, 1.807) is 6.07 Å². The minimum Gasteiger partial charge on any atom is -0.398 e. The molecule has 0 saturated carbocycles. The molecule has 1 heteroatoms. The number of hydrogen-bond donors (Lipinski definition) is 1. The van der Waals surface area contributed by atoms with Gasteiger partial charge in [-0.2, -0.15) is 0 Å². The molecule has 2 N–H and O–H groups in total. The molecule has 0 spiro atoms. The lowest BCUT2D eigenvalue weighted by atomic mass is 10.1. The van der Waals surface area contributed by atoms with E-state index in [0.29, 0.717) is 11.4 Å². The molecule has 0 aliphatic rings. The van der Waals surface area contributed by atoms with Crippen LogP contribution in [0.2, 0.25) is 2.82 Å². The zero-order chi connectivity index (χ0) is 9.26. The summed E-state index contributed by atoms with van der Waals surface area (Å²) < 4.78 is 14.4. The lowest BCUT2D eigenvalue weighted by Crippen LogP contribution is -1.84. The van der Waals surface area contributed by atoms with Gasteiger partial charge in [-0.25, -0.2) is 0 Å². The standard InChI is InChI=1S/C10H9N/c11-10-7-3-5-8-4-1-2-6-9(8)10/h1-7H,11H2/i/hD2. The summed E-state index contributed by atoms with van der Waals surface area (Å²) in [5, 5.41) is 2.00. The molecule has 2 rings (SSSR count). The van der Waals surface area contributed by atoms with Crippen LogP contribution in [0.4, 0.5) is 5.69 Å². The van der Waals surface area contributed by atoms with Crippen LogP contribution in [0.5, 0.6) is 0 Å². The van der Waals surface area contributed by atoms with Crippen molar-refractivity contribution in [1.29, 1.82) is 0 Å². The van der Waals surface area contributed by atoms with Crippen LogP contribution in [0.1, 0.15) is 0 Å². The summed E-state index contributed by atoms with van der Waals surface area (Å²) in [6.07, 6.45) is 0. The first-order valence-electron chi connectivity index (χ1n) is 4.44. The second-order valence-electron chi connectivity index (χ2n) is 2.50. The first kappa shape index (κ1) is 4.39. The molecule has 0 fully saturated rings. The first-order chi connectivity index (χ1) is 6.29. The maximum absolute atomic E-state index is 7.20. The van der Waals surface area contributed by atoms with E-state index in [0.717, 1.165) is 10.8 Å². The molecule has 54 valence electrons. The Morgan fingerprint density at radius 2 is 1.82 bits per heavy atom. The number of benzene rings is 2. The van der Waals surface area contributed by atoms with Gasteiger partial charge in [-0.3, -0.25) is 0 Å². The molecule has 1 nitrogen and oxygen atoms in total. The Morgan fingerprint density at radius 3 is 2.73 bits per heavy atom. The monoisotopic (exact) mass is 145 g/mol. The van der Waals surface area contributed by atoms with Crippen LogP contribution in [-0.4, -0.2) is 0 Å². The highest BCUT2D eigenvalue weighted by molar-refractivity contribution is 5.92. The van der Waals surface area contributed by atoms with Gasteiger partial charge in [-0.05, 0) is 11.5 Å². The van der Waals surface area contributed by atoms with Crippen LogP contribution >= 0.6 is 0 Å². The second-order valence-corrected chi connectivity index (χ2v) is 2.50. The lowest BCUT2D eigenvalue weighted by Gasteiger charge is -1.98. The van der Waals surface area contributed by atoms with E-state index in [4.69, 9.17) is 2.82 Å². The van der Waals surface area contributed by atoms with E-state index in [1.165, 1.54) is 0 Å². The Balaban J connectivity index is 2.76. The summed E-state index contributed by atoms with van der Waals surface area (Å²) in [5.74, 6) is 0. The topological polar surface area (TPSA) is 26.0 Å². The molecule has 0 aromatic heterocycles. The highest BCUT2D eigenvalue weighted by Gasteiger charge is 1.92. The van der Waals surface area contributed by atoms with Crippen LogP contribution in [0.3, 0.4) is 0 Å². The first-order valence-corrected chi connectivity index (χ1v) is 3.54. The third-order valence-electron chi connectivity index (χ3n) is 1.77. The zero-order valence-corrected chi connectivity index (χ0v) is 5.99. The molecule has 0 atom stereocenters.